The van der Waals surface area contributed by atoms with Crippen LogP contribution in [0.3, 0.4) is 0 Å². The Bertz CT molecular complexity index is 801. The minimum atomic E-state index is -3.41. The molecule has 1 amide bonds. The second-order valence-electron chi connectivity index (χ2n) is 4.76. The highest BCUT2D eigenvalue weighted by atomic mass is 35.5. The zero-order valence-corrected chi connectivity index (χ0v) is 13.3. The summed E-state index contributed by atoms with van der Waals surface area (Å²) in [5.41, 5.74) is 0.893. The molecule has 0 aliphatic heterocycles. The van der Waals surface area contributed by atoms with Gasteiger partial charge in [0.05, 0.1) is 15.5 Å². The van der Waals surface area contributed by atoms with Gasteiger partial charge < -0.3 is 10.4 Å². The van der Waals surface area contributed by atoms with Gasteiger partial charge in [-0.3, -0.25) is 4.79 Å². The molecule has 2 aromatic rings. The highest BCUT2D eigenvalue weighted by Crippen LogP contribution is 2.20. The van der Waals surface area contributed by atoms with Gasteiger partial charge in [0.15, 0.2) is 9.84 Å². The van der Waals surface area contributed by atoms with Crippen molar-refractivity contribution in [3.05, 3.63) is 58.6 Å². The smallest absolute Gasteiger partial charge is 0.253 e. The Kier molecular flexibility index (Phi) is 4.73. The van der Waals surface area contributed by atoms with Crippen LogP contribution < -0.4 is 5.32 Å². The van der Waals surface area contributed by atoms with Crippen LogP contribution in [0.15, 0.2) is 47.4 Å². The van der Waals surface area contributed by atoms with Crippen molar-refractivity contribution in [2.75, 3.05) is 6.26 Å². The van der Waals surface area contributed by atoms with Gasteiger partial charge in [0.25, 0.3) is 5.91 Å². The predicted molar refractivity (Wildman–Crippen MR) is 83.8 cm³/mol. The van der Waals surface area contributed by atoms with Gasteiger partial charge in [-0.25, -0.2) is 8.42 Å². The predicted octanol–water partition coefficient (Wildman–Crippen LogP) is 2.38. The number of benzene rings is 2. The van der Waals surface area contributed by atoms with E-state index in [9.17, 15) is 18.3 Å². The lowest BCUT2D eigenvalue weighted by atomic mass is 10.2. The SMILES string of the molecule is CS(=O)(=O)c1ccc(Cl)c(C(=O)NCc2ccc(O)cc2)c1. The van der Waals surface area contributed by atoms with Crippen molar-refractivity contribution in [1.82, 2.24) is 5.32 Å². The van der Waals surface area contributed by atoms with Crippen molar-refractivity contribution in [3.8, 4) is 5.75 Å². The second kappa shape index (κ2) is 6.37. The number of carbonyl (C=O) groups excluding carboxylic acids is 1. The quantitative estimate of drug-likeness (QED) is 0.895. The van der Waals surface area contributed by atoms with Gasteiger partial charge in [0, 0.05) is 12.8 Å². The summed E-state index contributed by atoms with van der Waals surface area (Å²) < 4.78 is 23.1. The van der Waals surface area contributed by atoms with E-state index in [2.05, 4.69) is 5.32 Å². The van der Waals surface area contributed by atoms with E-state index >= 15 is 0 Å². The van der Waals surface area contributed by atoms with Crippen LogP contribution in [0.4, 0.5) is 0 Å². The Morgan fingerprint density at radius 1 is 1.18 bits per heavy atom. The van der Waals surface area contributed by atoms with Gasteiger partial charge in [0.1, 0.15) is 5.75 Å². The number of aromatic hydroxyl groups is 1. The molecule has 0 radical (unpaired) electrons. The Morgan fingerprint density at radius 3 is 2.41 bits per heavy atom. The molecule has 2 aromatic carbocycles. The molecule has 116 valence electrons. The van der Waals surface area contributed by atoms with Crippen LogP contribution in [0, 0.1) is 0 Å². The minimum Gasteiger partial charge on any atom is -0.508 e. The van der Waals surface area contributed by atoms with E-state index in [0.29, 0.717) is 0 Å². The van der Waals surface area contributed by atoms with Crippen molar-refractivity contribution in [2.24, 2.45) is 0 Å². The molecule has 0 atom stereocenters. The molecule has 0 unspecified atom stereocenters. The Hall–Kier alpha value is -2.05. The van der Waals surface area contributed by atoms with E-state index in [1.54, 1.807) is 12.1 Å². The van der Waals surface area contributed by atoms with Crippen LogP contribution in [-0.4, -0.2) is 25.7 Å². The third kappa shape index (κ3) is 3.99. The first-order valence-electron chi connectivity index (χ1n) is 6.33. The van der Waals surface area contributed by atoms with E-state index in [1.807, 2.05) is 0 Å². The molecule has 0 bridgehead atoms. The number of hydrogen-bond acceptors (Lipinski definition) is 4. The number of phenols is 1. The normalized spacial score (nSPS) is 11.2. The van der Waals surface area contributed by atoms with Gasteiger partial charge in [-0.05, 0) is 35.9 Å². The molecule has 5 nitrogen and oxygen atoms in total. The van der Waals surface area contributed by atoms with Gasteiger partial charge in [-0.15, -0.1) is 0 Å². The maximum atomic E-state index is 12.1. The van der Waals surface area contributed by atoms with Crippen molar-refractivity contribution in [3.63, 3.8) is 0 Å². The number of rotatable bonds is 4. The van der Waals surface area contributed by atoms with E-state index in [4.69, 9.17) is 11.6 Å². The molecule has 0 fully saturated rings. The van der Waals surface area contributed by atoms with E-state index in [1.165, 1.54) is 30.3 Å². The fraction of sp³-hybridized carbons (Fsp3) is 0.133. The molecule has 0 spiro atoms. The lowest BCUT2D eigenvalue weighted by molar-refractivity contribution is 0.0951. The maximum absolute atomic E-state index is 12.1. The third-order valence-corrected chi connectivity index (χ3v) is 4.44. The number of carbonyl (C=O) groups is 1. The van der Waals surface area contributed by atoms with E-state index in [-0.39, 0.29) is 27.8 Å². The van der Waals surface area contributed by atoms with Crippen LogP contribution >= 0.6 is 11.6 Å². The fourth-order valence-electron chi connectivity index (χ4n) is 1.80. The number of phenolic OH excluding ortho intramolecular Hbond substituents is 1. The van der Waals surface area contributed by atoms with Crippen LogP contribution in [0.5, 0.6) is 5.75 Å². The first-order chi connectivity index (χ1) is 10.3. The van der Waals surface area contributed by atoms with Gasteiger partial charge >= 0.3 is 0 Å². The molecule has 0 aliphatic carbocycles. The topological polar surface area (TPSA) is 83.5 Å². The lowest BCUT2D eigenvalue weighted by Gasteiger charge is -2.08. The number of halogens is 1. The molecule has 0 aromatic heterocycles. The Labute approximate surface area is 133 Å². The largest absolute Gasteiger partial charge is 0.508 e. The van der Waals surface area contributed by atoms with Gasteiger partial charge in [0.2, 0.25) is 0 Å². The first-order valence-corrected chi connectivity index (χ1v) is 8.60. The average molecular weight is 340 g/mol. The van der Waals surface area contributed by atoms with E-state index in [0.717, 1.165) is 11.8 Å². The maximum Gasteiger partial charge on any atom is 0.253 e. The monoisotopic (exact) mass is 339 g/mol. The van der Waals surface area contributed by atoms with Crippen LogP contribution in [0.2, 0.25) is 5.02 Å². The molecule has 22 heavy (non-hydrogen) atoms. The molecule has 2 N–H and O–H groups in total. The average Bonchev–Trinajstić information content (AvgIpc) is 2.45. The minimum absolute atomic E-state index is 0.0340. The van der Waals surface area contributed by atoms with Crippen molar-refractivity contribution < 1.29 is 18.3 Å². The summed E-state index contributed by atoms with van der Waals surface area (Å²) in [6.07, 6.45) is 1.06. The molecule has 0 heterocycles. The summed E-state index contributed by atoms with van der Waals surface area (Å²) >= 11 is 5.95. The number of sulfone groups is 1. The van der Waals surface area contributed by atoms with Crippen LogP contribution in [0.1, 0.15) is 15.9 Å². The molecule has 0 aliphatic rings. The van der Waals surface area contributed by atoms with Gasteiger partial charge in [-0.1, -0.05) is 23.7 Å². The molecule has 0 saturated heterocycles. The summed E-state index contributed by atoms with van der Waals surface area (Å²) in [7, 11) is -3.41. The summed E-state index contributed by atoms with van der Waals surface area (Å²) in [6.45, 7) is 0.235. The number of amides is 1. The summed E-state index contributed by atoms with van der Waals surface area (Å²) in [6, 6.07) is 10.4. The van der Waals surface area contributed by atoms with Crippen molar-refractivity contribution in [1.29, 1.82) is 0 Å². The van der Waals surface area contributed by atoms with Crippen molar-refractivity contribution >= 4 is 27.3 Å². The highest BCUT2D eigenvalue weighted by molar-refractivity contribution is 7.90. The standard InChI is InChI=1S/C15H14ClNO4S/c1-22(20,21)12-6-7-14(16)13(8-12)15(19)17-9-10-2-4-11(18)5-3-10/h2-8,18H,9H2,1H3,(H,17,19). The van der Waals surface area contributed by atoms with Crippen LogP contribution in [-0.2, 0) is 16.4 Å². The summed E-state index contributed by atoms with van der Waals surface area (Å²) in [5.74, 6) is -0.331. The third-order valence-electron chi connectivity index (χ3n) is 3.00. The highest BCUT2D eigenvalue weighted by Gasteiger charge is 2.15. The zero-order chi connectivity index (χ0) is 16.3. The molecular weight excluding hydrogens is 326 g/mol. The van der Waals surface area contributed by atoms with Gasteiger partial charge in [-0.2, -0.15) is 0 Å². The van der Waals surface area contributed by atoms with E-state index < -0.39 is 15.7 Å². The number of nitrogens with one attached hydrogen (secondary N) is 1. The molecule has 2 rings (SSSR count). The second-order valence-corrected chi connectivity index (χ2v) is 7.19. The summed E-state index contributed by atoms with van der Waals surface area (Å²) in [5, 5.41) is 12.0. The fourth-order valence-corrected chi connectivity index (χ4v) is 2.65. The number of hydrogen-bond donors (Lipinski definition) is 2. The summed E-state index contributed by atoms with van der Waals surface area (Å²) in [4.78, 5) is 12.2. The zero-order valence-electron chi connectivity index (χ0n) is 11.7. The lowest BCUT2D eigenvalue weighted by Crippen LogP contribution is -2.23. The van der Waals surface area contributed by atoms with Crippen LogP contribution in [0.25, 0.3) is 0 Å². The van der Waals surface area contributed by atoms with Crippen molar-refractivity contribution in [2.45, 2.75) is 11.4 Å². The first kappa shape index (κ1) is 16.3. The molecular formula is C15H14ClNO4S. The Balaban J connectivity index is 2.17. The molecule has 7 heteroatoms. The molecule has 0 saturated carbocycles. The Morgan fingerprint density at radius 2 is 1.82 bits per heavy atom.